The van der Waals surface area contributed by atoms with Gasteiger partial charge in [0, 0.05) is 22.8 Å². The molecule has 2 rings (SSSR count). The summed E-state index contributed by atoms with van der Waals surface area (Å²) in [5.74, 6) is -0.954. The second-order valence-corrected chi connectivity index (χ2v) is 8.53. The van der Waals surface area contributed by atoms with Crippen LogP contribution >= 0.6 is 11.6 Å². The maximum atomic E-state index is 12.9. The first-order valence-electron chi connectivity index (χ1n) is 8.78. The number of halogens is 1. The molecular formula is C19H23ClN2O5S. The van der Waals surface area contributed by atoms with Gasteiger partial charge in [0.2, 0.25) is 10.0 Å². The molecule has 0 atom stereocenters. The van der Waals surface area contributed by atoms with Gasteiger partial charge in [-0.3, -0.25) is 4.79 Å². The van der Waals surface area contributed by atoms with Crippen molar-refractivity contribution in [1.82, 2.24) is 9.29 Å². The van der Waals surface area contributed by atoms with Crippen molar-refractivity contribution in [1.29, 1.82) is 0 Å². The second-order valence-electron chi connectivity index (χ2n) is 6.15. The van der Waals surface area contributed by atoms with Crippen molar-refractivity contribution in [3.8, 4) is 0 Å². The zero-order valence-electron chi connectivity index (χ0n) is 16.2. The Labute approximate surface area is 169 Å². The Bertz CT molecular complexity index is 980. The number of H-pyrrole nitrogens is 1. The van der Waals surface area contributed by atoms with Gasteiger partial charge in [-0.2, -0.15) is 4.31 Å². The van der Waals surface area contributed by atoms with Crippen LogP contribution in [-0.2, 0) is 14.8 Å². The molecule has 1 aromatic carbocycles. The van der Waals surface area contributed by atoms with E-state index in [9.17, 15) is 18.0 Å². The summed E-state index contributed by atoms with van der Waals surface area (Å²) >= 11 is 5.82. The van der Waals surface area contributed by atoms with Gasteiger partial charge in [-0.25, -0.2) is 13.2 Å². The minimum atomic E-state index is -3.86. The van der Waals surface area contributed by atoms with E-state index in [4.69, 9.17) is 16.3 Å². The maximum absolute atomic E-state index is 12.9. The van der Waals surface area contributed by atoms with Crippen molar-refractivity contribution in [2.75, 3.05) is 19.7 Å². The number of likely N-dealkylation sites (N-methyl/N-ethyl adjacent to an activating group) is 1. The summed E-state index contributed by atoms with van der Waals surface area (Å²) in [4.78, 5) is 27.8. The van der Waals surface area contributed by atoms with Gasteiger partial charge >= 0.3 is 5.97 Å². The normalized spacial score (nSPS) is 11.6. The van der Waals surface area contributed by atoms with Crippen LogP contribution in [0.15, 0.2) is 29.2 Å². The van der Waals surface area contributed by atoms with Crippen LogP contribution in [0.25, 0.3) is 0 Å². The molecule has 2 aromatic rings. The zero-order valence-corrected chi connectivity index (χ0v) is 17.8. The molecule has 0 bridgehead atoms. The van der Waals surface area contributed by atoms with Crippen LogP contribution in [-0.4, -0.2) is 49.2 Å². The second kappa shape index (κ2) is 8.89. The molecule has 0 spiro atoms. The number of aromatic amines is 1. The number of carbonyl (C=O) groups excluding carboxylic acids is 2. The van der Waals surface area contributed by atoms with Crippen LogP contribution in [0.2, 0.25) is 5.02 Å². The molecule has 28 heavy (non-hydrogen) atoms. The number of hydrogen-bond donors (Lipinski definition) is 1. The standard InChI is InChI=1S/C19H23ClN2O5S/c1-5-22(28(25,26)15-9-7-14(20)8-10-15)11-16(23)17-12(3)18(21-13(17)4)19(24)27-6-2/h7-10,21H,5-6,11H2,1-4H3. The molecule has 0 saturated heterocycles. The number of aromatic nitrogens is 1. The topological polar surface area (TPSA) is 96.5 Å². The first-order chi connectivity index (χ1) is 13.1. The summed E-state index contributed by atoms with van der Waals surface area (Å²) in [6.07, 6.45) is 0. The summed E-state index contributed by atoms with van der Waals surface area (Å²) in [6.45, 7) is 6.62. The number of ether oxygens (including phenoxy) is 1. The lowest BCUT2D eigenvalue weighted by atomic mass is 10.1. The number of esters is 1. The third kappa shape index (κ3) is 4.45. The van der Waals surface area contributed by atoms with Gasteiger partial charge < -0.3 is 9.72 Å². The molecule has 7 nitrogen and oxygen atoms in total. The highest BCUT2D eigenvalue weighted by molar-refractivity contribution is 7.89. The zero-order chi connectivity index (χ0) is 21.1. The molecule has 1 heterocycles. The monoisotopic (exact) mass is 426 g/mol. The molecule has 0 radical (unpaired) electrons. The highest BCUT2D eigenvalue weighted by atomic mass is 35.5. The average Bonchev–Trinajstić information content (AvgIpc) is 2.94. The van der Waals surface area contributed by atoms with Crippen molar-refractivity contribution in [2.45, 2.75) is 32.6 Å². The third-order valence-corrected chi connectivity index (χ3v) is 6.51. The van der Waals surface area contributed by atoms with E-state index in [1.165, 1.54) is 24.3 Å². The average molecular weight is 427 g/mol. The Kier molecular flexibility index (Phi) is 7.03. The molecule has 0 amide bonds. The Hall–Kier alpha value is -2.16. The maximum Gasteiger partial charge on any atom is 0.355 e. The van der Waals surface area contributed by atoms with E-state index >= 15 is 0 Å². The molecule has 1 aromatic heterocycles. The number of sulfonamides is 1. The third-order valence-electron chi connectivity index (χ3n) is 4.32. The van der Waals surface area contributed by atoms with Gasteiger partial charge in [-0.1, -0.05) is 18.5 Å². The smallest absolute Gasteiger partial charge is 0.355 e. The number of aryl methyl sites for hydroxylation is 1. The Morgan fingerprint density at radius 1 is 1.14 bits per heavy atom. The van der Waals surface area contributed by atoms with Gasteiger partial charge in [0.15, 0.2) is 5.78 Å². The van der Waals surface area contributed by atoms with Crippen molar-refractivity contribution in [3.63, 3.8) is 0 Å². The van der Waals surface area contributed by atoms with Gasteiger partial charge in [-0.15, -0.1) is 0 Å². The molecule has 0 aliphatic carbocycles. The quantitative estimate of drug-likeness (QED) is 0.515. The Balaban J connectivity index is 2.32. The van der Waals surface area contributed by atoms with Crippen LogP contribution in [0, 0.1) is 13.8 Å². The SMILES string of the molecule is CCOC(=O)c1[nH]c(C)c(C(=O)CN(CC)S(=O)(=O)c2ccc(Cl)cc2)c1C. The summed E-state index contributed by atoms with van der Waals surface area (Å²) in [6, 6.07) is 5.76. The number of ketones is 1. The number of hydrogen-bond acceptors (Lipinski definition) is 5. The largest absolute Gasteiger partial charge is 0.461 e. The summed E-state index contributed by atoms with van der Waals surface area (Å²) in [5.41, 5.74) is 1.44. The molecule has 0 aliphatic rings. The van der Waals surface area contributed by atoms with Crippen LogP contribution in [0.1, 0.15) is 46.0 Å². The van der Waals surface area contributed by atoms with Gasteiger partial charge in [0.25, 0.3) is 0 Å². The number of Topliss-reactive ketones (excluding diaryl/α,β-unsaturated/α-hetero) is 1. The van der Waals surface area contributed by atoms with Crippen LogP contribution in [0.4, 0.5) is 0 Å². The first kappa shape index (κ1) is 22.1. The molecule has 0 aliphatic heterocycles. The summed E-state index contributed by atoms with van der Waals surface area (Å²) in [5, 5.41) is 0.420. The summed E-state index contributed by atoms with van der Waals surface area (Å²) in [7, 11) is -3.86. The highest BCUT2D eigenvalue weighted by Crippen LogP contribution is 2.22. The van der Waals surface area contributed by atoms with Crippen molar-refractivity contribution < 1.29 is 22.7 Å². The molecular weight excluding hydrogens is 404 g/mol. The van der Waals surface area contributed by atoms with Crippen LogP contribution in [0.3, 0.4) is 0 Å². The van der Waals surface area contributed by atoms with E-state index in [1.54, 1.807) is 27.7 Å². The molecule has 0 unspecified atom stereocenters. The van der Waals surface area contributed by atoms with Crippen molar-refractivity contribution in [3.05, 3.63) is 51.8 Å². The minimum absolute atomic E-state index is 0.0567. The fraction of sp³-hybridized carbons (Fsp3) is 0.368. The van der Waals surface area contributed by atoms with E-state index in [0.29, 0.717) is 21.8 Å². The molecule has 0 saturated carbocycles. The molecule has 1 N–H and O–H groups in total. The number of benzene rings is 1. The summed E-state index contributed by atoms with van der Waals surface area (Å²) < 4.78 is 31.8. The van der Waals surface area contributed by atoms with Crippen LogP contribution < -0.4 is 0 Å². The lowest BCUT2D eigenvalue weighted by Crippen LogP contribution is -2.35. The van der Waals surface area contributed by atoms with Gasteiger partial charge in [0.1, 0.15) is 5.69 Å². The van der Waals surface area contributed by atoms with Crippen molar-refractivity contribution in [2.24, 2.45) is 0 Å². The fourth-order valence-electron chi connectivity index (χ4n) is 2.94. The van der Waals surface area contributed by atoms with E-state index in [-0.39, 0.29) is 30.3 Å². The van der Waals surface area contributed by atoms with E-state index in [1.807, 2.05) is 0 Å². The number of nitrogens with one attached hydrogen (secondary N) is 1. The molecule has 0 fully saturated rings. The first-order valence-corrected chi connectivity index (χ1v) is 10.6. The van der Waals surface area contributed by atoms with E-state index < -0.39 is 21.8 Å². The minimum Gasteiger partial charge on any atom is -0.461 e. The number of carbonyl (C=O) groups is 2. The lowest BCUT2D eigenvalue weighted by Gasteiger charge is -2.20. The lowest BCUT2D eigenvalue weighted by molar-refractivity contribution is 0.0519. The van der Waals surface area contributed by atoms with E-state index in [0.717, 1.165) is 4.31 Å². The van der Waals surface area contributed by atoms with Gasteiger partial charge in [-0.05, 0) is 50.6 Å². The van der Waals surface area contributed by atoms with Crippen molar-refractivity contribution >= 4 is 33.4 Å². The molecule has 9 heteroatoms. The predicted octanol–water partition coefficient (Wildman–Crippen LogP) is 3.36. The van der Waals surface area contributed by atoms with Gasteiger partial charge in [0.05, 0.1) is 18.0 Å². The Morgan fingerprint density at radius 3 is 2.29 bits per heavy atom. The van der Waals surface area contributed by atoms with Crippen LogP contribution in [0.5, 0.6) is 0 Å². The number of rotatable bonds is 8. The fourth-order valence-corrected chi connectivity index (χ4v) is 4.47. The highest BCUT2D eigenvalue weighted by Gasteiger charge is 2.29. The molecule has 152 valence electrons. The number of nitrogens with zero attached hydrogens (tertiary/aromatic N) is 1. The Morgan fingerprint density at radius 2 is 1.75 bits per heavy atom. The predicted molar refractivity (Wildman–Crippen MR) is 106 cm³/mol. The van der Waals surface area contributed by atoms with E-state index in [2.05, 4.69) is 4.98 Å².